The third-order valence-corrected chi connectivity index (χ3v) is 3.26. The van der Waals surface area contributed by atoms with Gasteiger partial charge in [0.2, 0.25) is 5.91 Å². The Bertz CT molecular complexity index is 599. The van der Waals surface area contributed by atoms with E-state index in [2.05, 4.69) is 5.32 Å². The number of rotatable bonds is 4. The van der Waals surface area contributed by atoms with Crippen LogP contribution >= 0.6 is 11.8 Å². The minimum absolute atomic E-state index is 0.0772. The van der Waals surface area contributed by atoms with Crippen LogP contribution in [0.15, 0.2) is 42.5 Å². The van der Waals surface area contributed by atoms with Crippen LogP contribution in [0, 0.1) is 11.3 Å². The molecule has 0 saturated carbocycles. The molecule has 0 atom stereocenters. The summed E-state index contributed by atoms with van der Waals surface area (Å²) in [5.41, 5.74) is 0.815. The Balaban J connectivity index is 2.12. The molecule has 0 saturated heterocycles. The van der Waals surface area contributed by atoms with Crippen LogP contribution < -0.4 is 5.32 Å². The normalized spacial score (nSPS) is 9.94. The van der Waals surface area contributed by atoms with E-state index < -0.39 is 0 Å². The minimum Gasteiger partial charge on any atom is -0.325 e. The Labute approximate surface area is 110 Å². The monoisotopic (exact) mass is 256 g/mol. The van der Waals surface area contributed by atoms with Gasteiger partial charge in [0.15, 0.2) is 0 Å². The zero-order chi connectivity index (χ0) is 12.8. The molecule has 0 heterocycles. The van der Waals surface area contributed by atoms with Gasteiger partial charge in [-0.15, -0.1) is 11.8 Å². The van der Waals surface area contributed by atoms with Crippen LogP contribution in [0.1, 0.15) is 0 Å². The molecule has 0 fully saturated rings. The Morgan fingerprint density at radius 1 is 1.22 bits per heavy atom. The Kier molecular flexibility index (Phi) is 4.21. The van der Waals surface area contributed by atoms with E-state index in [1.165, 1.54) is 11.8 Å². The number of anilines is 1. The zero-order valence-corrected chi connectivity index (χ0v) is 10.5. The standard InChI is InChI=1S/C14H12N2OS/c15-8-9-18-10-14(17)16-13-7-3-5-11-4-1-2-6-12(11)13/h1-7H,9-10H2,(H,16,17). The van der Waals surface area contributed by atoms with Crippen molar-refractivity contribution in [2.24, 2.45) is 0 Å². The van der Waals surface area contributed by atoms with Gasteiger partial charge in [-0.25, -0.2) is 0 Å². The van der Waals surface area contributed by atoms with Crippen molar-refractivity contribution in [3.8, 4) is 6.07 Å². The van der Waals surface area contributed by atoms with E-state index >= 15 is 0 Å². The molecule has 1 amide bonds. The van der Waals surface area contributed by atoms with Crippen LogP contribution in [-0.2, 0) is 4.79 Å². The van der Waals surface area contributed by atoms with Gasteiger partial charge < -0.3 is 5.32 Å². The van der Waals surface area contributed by atoms with Crippen molar-refractivity contribution in [1.82, 2.24) is 0 Å². The highest BCUT2D eigenvalue weighted by molar-refractivity contribution is 8.00. The summed E-state index contributed by atoms with van der Waals surface area (Å²) >= 11 is 1.31. The lowest BCUT2D eigenvalue weighted by Crippen LogP contribution is -2.14. The summed E-state index contributed by atoms with van der Waals surface area (Å²) in [7, 11) is 0. The zero-order valence-electron chi connectivity index (χ0n) is 9.72. The number of nitrogens with one attached hydrogen (secondary N) is 1. The van der Waals surface area contributed by atoms with E-state index in [1.807, 2.05) is 48.5 Å². The molecule has 18 heavy (non-hydrogen) atoms. The number of nitrogens with zero attached hydrogens (tertiary/aromatic N) is 1. The quantitative estimate of drug-likeness (QED) is 0.855. The molecular formula is C14H12N2OS. The minimum atomic E-state index is -0.0772. The smallest absolute Gasteiger partial charge is 0.234 e. The molecule has 0 aromatic heterocycles. The van der Waals surface area contributed by atoms with E-state index in [9.17, 15) is 4.79 Å². The van der Waals surface area contributed by atoms with Gasteiger partial charge in [-0.3, -0.25) is 4.79 Å². The maximum atomic E-state index is 11.7. The number of hydrogen-bond donors (Lipinski definition) is 1. The lowest BCUT2D eigenvalue weighted by molar-refractivity contribution is -0.113. The highest BCUT2D eigenvalue weighted by atomic mass is 32.2. The highest BCUT2D eigenvalue weighted by Crippen LogP contribution is 2.22. The predicted octanol–water partition coefficient (Wildman–Crippen LogP) is 3.04. The molecule has 0 spiro atoms. The molecule has 4 heteroatoms. The van der Waals surface area contributed by atoms with Crippen LogP contribution in [0.2, 0.25) is 0 Å². The number of amides is 1. The Morgan fingerprint density at radius 2 is 2.00 bits per heavy atom. The van der Waals surface area contributed by atoms with Crippen molar-refractivity contribution in [1.29, 1.82) is 5.26 Å². The van der Waals surface area contributed by atoms with Crippen molar-refractivity contribution in [3.63, 3.8) is 0 Å². The second-order valence-corrected chi connectivity index (χ2v) is 4.71. The first kappa shape index (κ1) is 12.5. The largest absolute Gasteiger partial charge is 0.325 e. The molecule has 0 unspecified atom stereocenters. The number of hydrogen-bond acceptors (Lipinski definition) is 3. The lowest BCUT2D eigenvalue weighted by Gasteiger charge is -2.07. The Morgan fingerprint density at radius 3 is 2.83 bits per heavy atom. The summed E-state index contributed by atoms with van der Waals surface area (Å²) < 4.78 is 0. The topological polar surface area (TPSA) is 52.9 Å². The summed E-state index contributed by atoms with van der Waals surface area (Å²) in [6, 6.07) is 15.7. The highest BCUT2D eigenvalue weighted by Gasteiger charge is 2.05. The van der Waals surface area contributed by atoms with E-state index in [-0.39, 0.29) is 5.91 Å². The van der Waals surface area contributed by atoms with Crippen LogP contribution in [-0.4, -0.2) is 17.4 Å². The molecule has 0 radical (unpaired) electrons. The van der Waals surface area contributed by atoms with E-state index in [4.69, 9.17) is 5.26 Å². The molecule has 2 rings (SSSR count). The average molecular weight is 256 g/mol. The van der Waals surface area contributed by atoms with Gasteiger partial charge in [0.25, 0.3) is 0 Å². The summed E-state index contributed by atoms with van der Waals surface area (Å²) in [5, 5.41) is 13.4. The van der Waals surface area contributed by atoms with Crippen LogP contribution in [0.25, 0.3) is 10.8 Å². The summed E-state index contributed by atoms with van der Waals surface area (Å²) in [6.45, 7) is 0. The third kappa shape index (κ3) is 3.02. The van der Waals surface area contributed by atoms with E-state index in [0.717, 1.165) is 16.5 Å². The first-order chi connectivity index (χ1) is 8.81. The second-order valence-electron chi connectivity index (χ2n) is 3.73. The van der Waals surface area contributed by atoms with Crippen molar-refractivity contribution in [3.05, 3.63) is 42.5 Å². The van der Waals surface area contributed by atoms with Crippen molar-refractivity contribution >= 4 is 34.1 Å². The second kappa shape index (κ2) is 6.08. The molecule has 0 aliphatic rings. The van der Waals surface area contributed by atoms with Gasteiger partial charge >= 0.3 is 0 Å². The van der Waals surface area contributed by atoms with E-state index in [0.29, 0.717) is 11.5 Å². The number of fused-ring (bicyclic) bond motifs is 1. The Hall–Kier alpha value is -1.99. The molecule has 0 aliphatic heterocycles. The summed E-state index contributed by atoms with van der Waals surface area (Å²) in [5.74, 6) is 0.561. The number of carbonyl (C=O) groups excluding carboxylic acids is 1. The molecule has 2 aromatic rings. The van der Waals surface area contributed by atoms with Crippen LogP contribution in [0.5, 0.6) is 0 Å². The first-order valence-electron chi connectivity index (χ1n) is 5.53. The molecule has 3 nitrogen and oxygen atoms in total. The fourth-order valence-corrected chi connectivity index (χ4v) is 2.16. The molecular weight excluding hydrogens is 244 g/mol. The molecule has 0 bridgehead atoms. The van der Waals surface area contributed by atoms with E-state index in [1.54, 1.807) is 0 Å². The van der Waals surface area contributed by atoms with Crippen LogP contribution in [0.3, 0.4) is 0 Å². The fourth-order valence-electron chi connectivity index (χ4n) is 1.71. The predicted molar refractivity (Wildman–Crippen MR) is 75.5 cm³/mol. The van der Waals surface area contributed by atoms with Gasteiger partial charge in [0.05, 0.1) is 17.6 Å². The SMILES string of the molecule is N#CCSCC(=O)Nc1cccc2ccccc12. The number of carbonyl (C=O) groups is 1. The van der Waals surface area contributed by atoms with Gasteiger partial charge in [0.1, 0.15) is 0 Å². The van der Waals surface area contributed by atoms with Crippen molar-refractivity contribution < 1.29 is 4.79 Å². The van der Waals surface area contributed by atoms with Gasteiger partial charge in [-0.05, 0) is 11.5 Å². The number of thioether (sulfide) groups is 1. The van der Waals surface area contributed by atoms with Gasteiger partial charge in [-0.2, -0.15) is 5.26 Å². The lowest BCUT2D eigenvalue weighted by atomic mass is 10.1. The molecule has 90 valence electrons. The van der Waals surface area contributed by atoms with Gasteiger partial charge in [0, 0.05) is 11.1 Å². The first-order valence-corrected chi connectivity index (χ1v) is 6.69. The maximum absolute atomic E-state index is 11.7. The number of benzene rings is 2. The summed E-state index contributed by atoms with van der Waals surface area (Å²) in [4.78, 5) is 11.7. The maximum Gasteiger partial charge on any atom is 0.234 e. The third-order valence-electron chi connectivity index (χ3n) is 2.46. The van der Waals surface area contributed by atoms with Gasteiger partial charge in [-0.1, -0.05) is 36.4 Å². The summed E-state index contributed by atoms with van der Waals surface area (Å²) in [6.07, 6.45) is 0. The van der Waals surface area contributed by atoms with Crippen molar-refractivity contribution in [2.75, 3.05) is 16.8 Å². The number of nitriles is 1. The molecule has 0 aliphatic carbocycles. The molecule has 2 aromatic carbocycles. The van der Waals surface area contributed by atoms with Crippen molar-refractivity contribution in [2.45, 2.75) is 0 Å². The molecule has 1 N–H and O–H groups in total. The van der Waals surface area contributed by atoms with Crippen LogP contribution in [0.4, 0.5) is 5.69 Å². The fraction of sp³-hybridized carbons (Fsp3) is 0.143. The average Bonchev–Trinajstić information content (AvgIpc) is 2.39.